The lowest BCUT2D eigenvalue weighted by Crippen LogP contribution is -2.35. The number of aliphatic hydroxyl groups excluding tert-OH is 1. The van der Waals surface area contributed by atoms with Gasteiger partial charge in [-0.1, -0.05) is 6.58 Å². The summed E-state index contributed by atoms with van der Waals surface area (Å²) in [5.74, 6) is -1.11. The predicted octanol–water partition coefficient (Wildman–Crippen LogP) is -0.583. The lowest BCUT2D eigenvalue weighted by atomic mass is 10.4. The Balaban J connectivity index is 3.52. The van der Waals surface area contributed by atoms with Gasteiger partial charge in [-0.15, -0.1) is 0 Å². The van der Waals surface area contributed by atoms with Gasteiger partial charge in [0, 0.05) is 5.57 Å². The summed E-state index contributed by atoms with van der Waals surface area (Å²) in [6, 6.07) is 0. The van der Waals surface area contributed by atoms with Crippen LogP contribution in [0.4, 0.5) is 0 Å². The highest BCUT2D eigenvalue weighted by Crippen LogP contribution is 1.90. The van der Waals surface area contributed by atoms with E-state index in [-0.39, 0.29) is 13.2 Å². The minimum absolute atomic E-state index is 0.0458. The summed E-state index contributed by atoms with van der Waals surface area (Å²) in [7, 11) is 0. The minimum Gasteiger partial charge on any atom is -0.460 e. The Morgan fingerprint density at radius 1 is 1.57 bits per heavy atom. The zero-order chi connectivity index (χ0) is 11.1. The van der Waals surface area contributed by atoms with Crippen LogP contribution in [-0.2, 0) is 14.3 Å². The third-order valence-corrected chi connectivity index (χ3v) is 1.29. The van der Waals surface area contributed by atoms with E-state index in [4.69, 9.17) is 5.11 Å². The second-order valence-corrected chi connectivity index (χ2v) is 2.72. The molecule has 0 rings (SSSR count). The van der Waals surface area contributed by atoms with E-state index in [1.54, 1.807) is 0 Å². The van der Waals surface area contributed by atoms with Crippen LogP contribution in [0.1, 0.15) is 6.92 Å². The first-order chi connectivity index (χ1) is 6.45. The van der Waals surface area contributed by atoms with E-state index >= 15 is 0 Å². The Kier molecular flexibility index (Phi) is 5.55. The van der Waals surface area contributed by atoms with E-state index in [9.17, 15) is 9.59 Å². The summed E-state index contributed by atoms with van der Waals surface area (Å²) in [6.45, 7) is 8.20. The number of aliphatic hydroxyl groups is 1. The Morgan fingerprint density at radius 2 is 2.14 bits per heavy atom. The molecule has 0 saturated heterocycles. The van der Waals surface area contributed by atoms with Crippen molar-refractivity contribution in [2.24, 2.45) is 0 Å². The van der Waals surface area contributed by atoms with Crippen molar-refractivity contribution in [2.45, 2.75) is 13.0 Å². The molecule has 1 atom stereocenters. The van der Waals surface area contributed by atoms with E-state index in [0.29, 0.717) is 5.57 Å². The molecule has 0 aliphatic rings. The van der Waals surface area contributed by atoms with Crippen molar-refractivity contribution in [3.05, 3.63) is 19.1 Å². The largest absolute Gasteiger partial charge is 0.460 e. The monoisotopic (exact) mass is 200 g/mol. The molecule has 0 spiro atoms. The molecule has 1 unspecified atom stereocenters. The van der Waals surface area contributed by atoms with Crippen LogP contribution >= 0.6 is 0 Å². The maximum absolute atomic E-state index is 10.8. The van der Waals surface area contributed by atoms with Gasteiger partial charge in [-0.25, -0.2) is 4.79 Å². The highest BCUT2D eigenvalue weighted by Gasteiger charge is 2.08. The quantitative estimate of drug-likeness (QED) is 0.353. The number of nitrogens with one attached hydrogen (secondary N) is 1. The third kappa shape index (κ3) is 5.31. The smallest absolute Gasteiger partial charge is 0.333 e. The summed E-state index contributed by atoms with van der Waals surface area (Å²) >= 11 is 0. The molecule has 0 bridgehead atoms. The summed E-state index contributed by atoms with van der Waals surface area (Å²) in [4.78, 5) is 21.6. The van der Waals surface area contributed by atoms with Gasteiger partial charge in [-0.05, 0) is 13.8 Å². The summed E-state index contributed by atoms with van der Waals surface area (Å²) in [6.07, 6.45) is -1.30. The molecule has 1 radical (unpaired) electrons. The average Bonchev–Trinajstić information content (AvgIpc) is 2.11. The van der Waals surface area contributed by atoms with Crippen molar-refractivity contribution >= 4 is 11.9 Å². The van der Waals surface area contributed by atoms with Crippen LogP contribution in [0.3, 0.4) is 0 Å². The number of hydrogen-bond donors (Lipinski definition) is 2. The van der Waals surface area contributed by atoms with Crippen LogP contribution < -0.4 is 5.32 Å². The number of ether oxygens (including phenoxy) is 1. The number of carbonyl (C=O) groups is 2. The number of hydrogen-bond acceptors (Lipinski definition) is 4. The van der Waals surface area contributed by atoms with E-state index in [0.717, 1.165) is 0 Å². The van der Waals surface area contributed by atoms with Crippen LogP contribution in [-0.4, -0.2) is 36.2 Å². The Hall–Kier alpha value is -1.36. The van der Waals surface area contributed by atoms with E-state index < -0.39 is 18.0 Å². The summed E-state index contributed by atoms with van der Waals surface area (Å²) in [5, 5.41) is 11.0. The zero-order valence-electron chi connectivity index (χ0n) is 8.08. The van der Waals surface area contributed by atoms with E-state index in [1.807, 2.05) is 0 Å². The Morgan fingerprint density at radius 3 is 2.57 bits per heavy atom. The standard InChI is InChI=1S/C9H14NO4/c1-6(2)9(13)14-5-4-10-8(12)7(3)11/h7,11H,1,3-5H2,2H3,(H,10,12). The molecule has 1 amide bonds. The van der Waals surface area contributed by atoms with Gasteiger partial charge in [0.05, 0.1) is 6.54 Å². The lowest BCUT2D eigenvalue weighted by Gasteiger charge is -2.07. The molecule has 5 heteroatoms. The molecule has 0 saturated carbocycles. The number of esters is 1. The molecule has 0 fully saturated rings. The first kappa shape index (κ1) is 12.6. The number of carbonyl (C=O) groups excluding carboxylic acids is 2. The highest BCUT2D eigenvalue weighted by molar-refractivity contribution is 5.87. The van der Waals surface area contributed by atoms with E-state index in [1.165, 1.54) is 6.92 Å². The van der Waals surface area contributed by atoms with Gasteiger partial charge in [-0.2, -0.15) is 0 Å². The predicted molar refractivity (Wildman–Crippen MR) is 50.1 cm³/mol. The van der Waals surface area contributed by atoms with Crippen LogP contribution in [0.5, 0.6) is 0 Å². The fourth-order valence-electron chi connectivity index (χ4n) is 0.559. The normalized spacial score (nSPS) is 11.6. The first-order valence-electron chi connectivity index (χ1n) is 4.06. The van der Waals surface area contributed by atoms with Gasteiger partial charge >= 0.3 is 5.97 Å². The van der Waals surface area contributed by atoms with Crippen LogP contribution in [0.2, 0.25) is 0 Å². The lowest BCUT2D eigenvalue weighted by molar-refractivity contribution is -0.139. The maximum atomic E-state index is 10.8. The minimum atomic E-state index is -1.30. The summed E-state index contributed by atoms with van der Waals surface area (Å²) < 4.78 is 4.68. The molecule has 0 aliphatic carbocycles. The van der Waals surface area contributed by atoms with Crippen LogP contribution in [0, 0.1) is 6.92 Å². The van der Waals surface area contributed by atoms with Crippen LogP contribution in [0.25, 0.3) is 0 Å². The Labute approximate surface area is 82.7 Å². The van der Waals surface area contributed by atoms with Gasteiger partial charge in [0.25, 0.3) is 0 Å². The molecule has 5 nitrogen and oxygen atoms in total. The fourth-order valence-corrected chi connectivity index (χ4v) is 0.559. The SMILES string of the molecule is [CH2]C(O)C(=O)NCCOC(=O)C(=C)C. The first-order valence-corrected chi connectivity index (χ1v) is 4.06. The van der Waals surface area contributed by atoms with Crippen molar-refractivity contribution in [2.75, 3.05) is 13.2 Å². The van der Waals surface area contributed by atoms with Crippen molar-refractivity contribution in [3.8, 4) is 0 Å². The van der Waals surface area contributed by atoms with E-state index in [2.05, 4.69) is 23.6 Å². The van der Waals surface area contributed by atoms with Gasteiger partial charge in [0.2, 0.25) is 5.91 Å². The second-order valence-electron chi connectivity index (χ2n) is 2.72. The summed E-state index contributed by atoms with van der Waals surface area (Å²) in [5.41, 5.74) is 0.300. The molecule has 14 heavy (non-hydrogen) atoms. The molecule has 2 N–H and O–H groups in total. The highest BCUT2D eigenvalue weighted by atomic mass is 16.5. The molecule has 0 heterocycles. The zero-order valence-corrected chi connectivity index (χ0v) is 8.08. The van der Waals surface area contributed by atoms with Crippen molar-refractivity contribution in [3.63, 3.8) is 0 Å². The van der Waals surface area contributed by atoms with Gasteiger partial charge < -0.3 is 15.2 Å². The van der Waals surface area contributed by atoms with Gasteiger partial charge in [0.1, 0.15) is 12.7 Å². The molecule has 0 aromatic rings. The number of amides is 1. The van der Waals surface area contributed by atoms with Crippen molar-refractivity contribution in [1.29, 1.82) is 0 Å². The molecule has 0 aliphatic heterocycles. The van der Waals surface area contributed by atoms with Gasteiger partial charge in [0.15, 0.2) is 0 Å². The topological polar surface area (TPSA) is 75.6 Å². The third-order valence-electron chi connectivity index (χ3n) is 1.29. The molecular weight excluding hydrogens is 186 g/mol. The fraction of sp³-hybridized carbons (Fsp3) is 0.444. The Bertz CT molecular complexity index is 235. The van der Waals surface area contributed by atoms with Gasteiger partial charge in [-0.3, -0.25) is 4.79 Å². The maximum Gasteiger partial charge on any atom is 0.333 e. The second kappa shape index (κ2) is 6.15. The molecule has 79 valence electrons. The van der Waals surface area contributed by atoms with Crippen molar-refractivity contribution in [1.82, 2.24) is 5.32 Å². The molecule has 0 aromatic carbocycles. The number of rotatable bonds is 5. The van der Waals surface area contributed by atoms with Crippen LogP contribution in [0.15, 0.2) is 12.2 Å². The van der Waals surface area contributed by atoms with Crippen molar-refractivity contribution < 1.29 is 19.4 Å². The molecular formula is C9H14NO4. The average molecular weight is 200 g/mol. The molecule has 0 aromatic heterocycles.